The van der Waals surface area contributed by atoms with E-state index in [4.69, 9.17) is 0 Å². The molecular formula is C18H22N8O2. The summed E-state index contributed by atoms with van der Waals surface area (Å²) in [5, 5.41) is 4.08. The zero-order chi connectivity index (χ0) is 19.1. The highest BCUT2D eigenvalue weighted by Crippen LogP contribution is 2.31. The monoisotopic (exact) mass is 382 g/mol. The fraction of sp³-hybridized carbons (Fsp3) is 0.556. The summed E-state index contributed by atoms with van der Waals surface area (Å²) < 4.78 is 1.58. The lowest BCUT2D eigenvalue weighted by molar-refractivity contribution is -0.143. The summed E-state index contributed by atoms with van der Waals surface area (Å²) in [7, 11) is 0. The molecule has 2 amide bonds. The molecule has 0 aromatic carbocycles. The molecule has 0 unspecified atom stereocenters. The number of anilines is 1. The highest BCUT2D eigenvalue weighted by atomic mass is 16.2. The fourth-order valence-electron chi connectivity index (χ4n) is 3.78. The molecule has 4 heterocycles. The molecule has 2 aliphatic heterocycles. The number of amides is 2. The standard InChI is InChI=1S/C18H22N8O2/c27-17(13-1-2-13)23-3-5-24(6-4-23)18(28)14-8-25(9-14)15-7-16(21-11-20-15)26-12-19-10-22-26/h7,10-14H,1-6,8-9H2. The second kappa shape index (κ2) is 6.84. The largest absolute Gasteiger partial charge is 0.355 e. The lowest BCUT2D eigenvalue weighted by Gasteiger charge is -2.43. The lowest BCUT2D eigenvalue weighted by Crippen LogP contribution is -2.58. The molecule has 0 N–H and O–H groups in total. The normalized spacial score (nSPS) is 20.2. The maximum atomic E-state index is 12.8. The van der Waals surface area contributed by atoms with Crippen molar-refractivity contribution in [2.24, 2.45) is 11.8 Å². The Labute approximate surface area is 162 Å². The Hall–Kier alpha value is -3.04. The minimum absolute atomic E-state index is 0.0181. The third kappa shape index (κ3) is 3.19. The van der Waals surface area contributed by atoms with Crippen LogP contribution in [0.3, 0.4) is 0 Å². The van der Waals surface area contributed by atoms with Crippen molar-refractivity contribution in [3.63, 3.8) is 0 Å². The number of nitrogens with zero attached hydrogens (tertiary/aromatic N) is 8. The first-order valence-electron chi connectivity index (χ1n) is 9.68. The first-order chi connectivity index (χ1) is 13.7. The molecule has 2 aromatic rings. The van der Waals surface area contributed by atoms with Crippen LogP contribution in [0.2, 0.25) is 0 Å². The predicted molar refractivity (Wildman–Crippen MR) is 98.5 cm³/mol. The van der Waals surface area contributed by atoms with Gasteiger partial charge in [0.1, 0.15) is 24.8 Å². The van der Waals surface area contributed by atoms with Crippen molar-refractivity contribution in [2.75, 3.05) is 44.2 Å². The number of hydrogen-bond acceptors (Lipinski definition) is 7. The van der Waals surface area contributed by atoms with Crippen LogP contribution >= 0.6 is 0 Å². The first-order valence-corrected chi connectivity index (χ1v) is 9.68. The van der Waals surface area contributed by atoms with Crippen LogP contribution in [-0.4, -0.2) is 85.6 Å². The van der Waals surface area contributed by atoms with Gasteiger partial charge in [-0.05, 0) is 12.8 Å². The SMILES string of the molecule is O=C(C1CC1)N1CCN(C(=O)C2CN(c3cc(-n4cncn4)ncn3)C2)CC1. The molecule has 2 saturated heterocycles. The molecule has 10 nitrogen and oxygen atoms in total. The van der Waals surface area contributed by atoms with E-state index in [-0.39, 0.29) is 23.7 Å². The highest BCUT2D eigenvalue weighted by molar-refractivity contribution is 5.83. The van der Waals surface area contributed by atoms with Crippen LogP contribution in [0, 0.1) is 11.8 Å². The van der Waals surface area contributed by atoms with Crippen molar-refractivity contribution in [1.82, 2.24) is 34.5 Å². The van der Waals surface area contributed by atoms with Crippen molar-refractivity contribution in [3.8, 4) is 5.82 Å². The van der Waals surface area contributed by atoms with Gasteiger partial charge in [0.15, 0.2) is 5.82 Å². The molecule has 28 heavy (non-hydrogen) atoms. The van der Waals surface area contributed by atoms with Gasteiger partial charge in [-0.1, -0.05) is 0 Å². The number of carbonyl (C=O) groups excluding carboxylic acids is 2. The topological polar surface area (TPSA) is 100 Å². The molecule has 3 aliphatic rings. The molecular weight excluding hydrogens is 360 g/mol. The molecule has 1 saturated carbocycles. The van der Waals surface area contributed by atoms with Gasteiger partial charge in [0.2, 0.25) is 11.8 Å². The lowest BCUT2D eigenvalue weighted by atomic mass is 9.98. The summed E-state index contributed by atoms with van der Waals surface area (Å²) in [6.07, 6.45) is 6.59. The Morgan fingerprint density at radius 2 is 1.50 bits per heavy atom. The van der Waals surface area contributed by atoms with E-state index in [1.807, 2.05) is 15.9 Å². The van der Waals surface area contributed by atoms with Crippen LogP contribution in [0.1, 0.15) is 12.8 Å². The molecule has 5 rings (SSSR count). The summed E-state index contributed by atoms with van der Waals surface area (Å²) in [5.41, 5.74) is 0. The average Bonchev–Trinajstić information content (AvgIpc) is 3.40. The molecule has 0 bridgehead atoms. The van der Waals surface area contributed by atoms with Gasteiger partial charge in [-0.15, -0.1) is 0 Å². The van der Waals surface area contributed by atoms with Crippen LogP contribution in [0.5, 0.6) is 0 Å². The van der Waals surface area contributed by atoms with E-state index < -0.39 is 0 Å². The molecule has 146 valence electrons. The summed E-state index contributed by atoms with van der Waals surface area (Å²) in [4.78, 5) is 43.2. The van der Waals surface area contributed by atoms with Gasteiger partial charge in [0, 0.05) is 51.3 Å². The third-order valence-corrected chi connectivity index (χ3v) is 5.68. The maximum absolute atomic E-state index is 12.8. The van der Waals surface area contributed by atoms with Crippen molar-refractivity contribution in [1.29, 1.82) is 0 Å². The van der Waals surface area contributed by atoms with Crippen LogP contribution in [-0.2, 0) is 9.59 Å². The summed E-state index contributed by atoms with van der Waals surface area (Å²) >= 11 is 0. The number of aromatic nitrogens is 5. The Morgan fingerprint density at radius 1 is 0.857 bits per heavy atom. The quantitative estimate of drug-likeness (QED) is 0.708. The van der Waals surface area contributed by atoms with E-state index >= 15 is 0 Å². The van der Waals surface area contributed by atoms with Crippen molar-refractivity contribution < 1.29 is 9.59 Å². The van der Waals surface area contributed by atoms with Gasteiger partial charge in [-0.3, -0.25) is 9.59 Å². The maximum Gasteiger partial charge on any atom is 0.229 e. The fourth-order valence-corrected chi connectivity index (χ4v) is 3.78. The second-order valence-corrected chi connectivity index (χ2v) is 7.60. The smallest absolute Gasteiger partial charge is 0.229 e. The number of carbonyl (C=O) groups is 2. The Balaban J connectivity index is 1.15. The molecule has 3 fully saturated rings. The van der Waals surface area contributed by atoms with E-state index in [0.717, 1.165) is 18.7 Å². The van der Waals surface area contributed by atoms with Crippen molar-refractivity contribution in [3.05, 3.63) is 25.0 Å². The van der Waals surface area contributed by atoms with Crippen LogP contribution < -0.4 is 4.90 Å². The van der Waals surface area contributed by atoms with Gasteiger partial charge in [-0.2, -0.15) is 5.10 Å². The molecule has 1 aliphatic carbocycles. The van der Waals surface area contributed by atoms with Gasteiger partial charge in [0.05, 0.1) is 5.92 Å². The van der Waals surface area contributed by atoms with Gasteiger partial charge in [-0.25, -0.2) is 19.6 Å². The average molecular weight is 382 g/mol. The summed E-state index contributed by atoms with van der Waals surface area (Å²) in [5.74, 6) is 2.11. The van der Waals surface area contributed by atoms with Crippen molar-refractivity contribution >= 4 is 17.6 Å². The van der Waals surface area contributed by atoms with E-state index in [1.54, 1.807) is 11.0 Å². The molecule has 0 atom stereocenters. The molecule has 2 aromatic heterocycles. The Bertz CT molecular complexity index is 867. The molecule has 0 radical (unpaired) electrons. The minimum Gasteiger partial charge on any atom is -0.355 e. The number of hydrogen-bond donors (Lipinski definition) is 0. The second-order valence-electron chi connectivity index (χ2n) is 7.60. The van der Waals surface area contributed by atoms with Gasteiger partial charge in [0.25, 0.3) is 0 Å². The molecule has 10 heteroatoms. The van der Waals surface area contributed by atoms with Crippen LogP contribution in [0.15, 0.2) is 25.0 Å². The van der Waals surface area contributed by atoms with Crippen LogP contribution in [0.4, 0.5) is 5.82 Å². The van der Waals surface area contributed by atoms with Gasteiger partial charge >= 0.3 is 0 Å². The summed E-state index contributed by atoms with van der Waals surface area (Å²) in [6, 6.07) is 1.84. The minimum atomic E-state index is -0.0181. The summed E-state index contributed by atoms with van der Waals surface area (Å²) in [6.45, 7) is 3.88. The van der Waals surface area contributed by atoms with Gasteiger partial charge < -0.3 is 14.7 Å². The third-order valence-electron chi connectivity index (χ3n) is 5.68. The van der Waals surface area contributed by atoms with E-state index in [2.05, 4.69) is 25.0 Å². The van der Waals surface area contributed by atoms with Crippen molar-refractivity contribution in [2.45, 2.75) is 12.8 Å². The molecule has 0 spiro atoms. The van der Waals surface area contributed by atoms with E-state index in [1.165, 1.54) is 12.7 Å². The van der Waals surface area contributed by atoms with Crippen LogP contribution in [0.25, 0.3) is 5.82 Å². The number of rotatable bonds is 4. The van der Waals surface area contributed by atoms with E-state index in [0.29, 0.717) is 45.1 Å². The Kier molecular flexibility index (Phi) is 4.18. The highest BCUT2D eigenvalue weighted by Gasteiger charge is 2.39. The number of piperazine rings is 1. The Morgan fingerprint density at radius 3 is 2.11 bits per heavy atom. The first kappa shape index (κ1) is 17.1. The predicted octanol–water partition coefficient (Wildman–Crippen LogP) is -0.426. The zero-order valence-corrected chi connectivity index (χ0v) is 15.5. The zero-order valence-electron chi connectivity index (χ0n) is 15.5. The van der Waals surface area contributed by atoms with E-state index in [9.17, 15) is 9.59 Å².